The second-order valence-electron chi connectivity index (χ2n) is 8.86. The smallest absolute Gasteiger partial charge is 0.0205 e. The molecule has 2 atom stereocenters. The Morgan fingerprint density at radius 3 is 2.00 bits per heavy atom. The molecular weight excluding hydrogens is 288 g/mol. The van der Waals surface area contributed by atoms with Crippen molar-refractivity contribution in [3.8, 4) is 0 Å². The lowest BCUT2D eigenvalue weighted by Crippen LogP contribution is -2.18. The second kappa shape index (κ2) is 12.2. The summed E-state index contributed by atoms with van der Waals surface area (Å²) in [7, 11) is 0. The van der Waals surface area contributed by atoms with Crippen LogP contribution in [0, 0.1) is 23.7 Å². The summed E-state index contributed by atoms with van der Waals surface area (Å²) in [5, 5.41) is 0. The van der Waals surface area contributed by atoms with Gasteiger partial charge in [0, 0.05) is 0 Å². The highest BCUT2D eigenvalue weighted by atomic mass is 14.3. The molecule has 2 unspecified atom stereocenters. The van der Waals surface area contributed by atoms with Crippen molar-refractivity contribution >= 4 is 0 Å². The summed E-state index contributed by atoms with van der Waals surface area (Å²) in [6, 6.07) is 0. The van der Waals surface area contributed by atoms with Crippen LogP contribution in [0.5, 0.6) is 0 Å². The van der Waals surface area contributed by atoms with Gasteiger partial charge in [0.2, 0.25) is 0 Å². The average Bonchev–Trinajstić information content (AvgIpc) is 2.63. The van der Waals surface area contributed by atoms with Crippen LogP contribution in [0.3, 0.4) is 0 Å². The number of unbranched alkanes of at least 4 members (excludes halogenated alkanes) is 2. The Hall–Kier alpha value is -0.260. The quantitative estimate of drug-likeness (QED) is 0.278. The molecule has 0 aromatic rings. The lowest BCUT2D eigenvalue weighted by Gasteiger charge is -2.30. The fourth-order valence-corrected chi connectivity index (χ4v) is 5.30. The molecule has 0 nitrogen and oxygen atoms in total. The van der Waals surface area contributed by atoms with Gasteiger partial charge in [-0.25, -0.2) is 0 Å². The monoisotopic (exact) mass is 332 g/mol. The van der Waals surface area contributed by atoms with Crippen molar-refractivity contribution in [3.63, 3.8) is 0 Å². The molecule has 0 radical (unpaired) electrons. The van der Waals surface area contributed by atoms with E-state index in [9.17, 15) is 0 Å². The van der Waals surface area contributed by atoms with Crippen molar-refractivity contribution in [1.82, 2.24) is 0 Å². The van der Waals surface area contributed by atoms with Gasteiger partial charge in [-0.2, -0.15) is 0 Å². The van der Waals surface area contributed by atoms with E-state index in [1.807, 2.05) is 0 Å². The molecule has 24 heavy (non-hydrogen) atoms. The van der Waals surface area contributed by atoms with Gasteiger partial charge in [0.1, 0.15) is 0 Å². The highest BCUT2D eigenvalue weighted by Gasteiger charge is 2.23. The molecule has 0 N–H and O–H groups in total. The van der Waals surface area contributed by atoms with Gasteiger partial charge in [-0.05, 0) is 49.4 Å². The lowest BCUT2D eigenvalue weighted by atomic mass is 9.75. The van der Waals surface area contributed by atoms with Gasteiger partial charge in [0.25, 0.3) is 0 Å². The largest absolute Gasteiger partial charge is 0.0885 e. The lowest BCUT2D eigenvalue weighted by molar-refractivity contribution is 0.234. The fourth-order valence-electron chi connectivity index (χ4n) is 5.30. The van der Waals surface area contributed by atoms with Gasteiger partial charge in [0.15, 0.2) is 0 Å². The molecule has 2 aliphatic carbocycles. The van der Waals surface area contributed by atoms with Crippen molar-refractivity contribution in [2.45, 2.75) is 117 Å². The van der Waals surface area contributed by atoms with Crippen LogP contribution >= 0.6 is 0 Å². The van der Waals surface area contributed by atoms with E-state index in [0.717, 1.165) is 23.7 Å². The standard InChI is InChI=1S/C24H44/c1-3-5-11-21-17-19-22(20-18-21)12-7-8-14-24-16-10-9-15-23(24)13-6-4-2/h6,13,21-24H,3-5,7-12,14-20H2,1-2H3/b13-6+/t21-,22-,23?,24?. The molecule has 2 rings (SSSR count). The highest BCUT2D eigenvalue weighted by Crippen LogP contribution is 2.37. The Labute approximate surface area is 152 Å². The third-order valence-electron chi connectivity index (χ3n) is 6.96. The summed E-state index contributed by atoms with van der Waals surface area (Å²) in [6.45, 7) is 4.60. The minimum absolute atomic E-state index is 0.910. The zero-order valence-electron chi connectivity index (χ0n) is 16.8. The van der Waals surface area contributed by atoms with Gasteiger partial charge in [0.05, 0.1) is 0 Å². The first kappa shape index (κ1) is 20.1. The first-order valence-corrected chi connectivity index (χ1v) is 11.5. The topological polar surface area (TPSA) is 0 Å². The van der Waals surface area contributed by atoms with Gasteiger partial charge >= 0.3 is 0 Å². The van der Waals surface area contributed by atoms with E-state index >= 15 is 0 Å². The zero-order valence-corrected chi connectivity index (χ0v) is 16.8. The normalized spacial score (nSPS) is 31.6. The molecule has 2 saturated carbocycles. The van der Waals surface area contributed by atoms with Crippen molar-refractivity contribution in [3.05, 3.63) is 12.2 Å². The molecule has 0 spiro atoms. The molecule has 0 aromatic heterocycles. The number of allylic oxidation sites excluding steroid dienone is 2. The predicted octanol–water partition coefficient (Wildman–Crippen LogP) is 8.32. The highest BCUT2D eigenvalue weighted by molar-refractivity contribution is 4.93. The molecule has 0 aromatic carbocycles. The van der Waals surface area contributed by atoms with E-state index in [0.29, 0.717) is 0 Å². The molecule has 0 heteroatoms. The zero-order chi connectivity index (χ0) is 17.0. The van der Waals surface area contributed by atoms with Crippen LogP contribution in [0.25, 0.3) is 0 Å². The maximum Gasteiger partial charge on any atom is -0.0205 e. The molecule has 0 bridgehead atoms. The SMILES string of the molecule is CC/C=C/C1CCCCC1CCCC[C@H]1CC[C@H](CCCC)CC1. The molecule has 0 aliphatic heterocycles. The predicted molar refractivity (Wildman–Crippen MR) is 108 cm³/mol. The van der Waals surface area contributed by atoms with Crippen molar-refractivity contribution in [2.75, 3.05) is 0 Å². The van der Waals surface area contributed by atoms with Crippen LogP contribution in [-0.4, -0.2) is 0 Å². The van der Waals surface area contributed by atoms with Crippen LogP contribution in [0.15, 0.2) is 12.2 Å². The second-order valence-corrected chi connectivity index (χ2v) is 8.86. The first-order valence-electron chi connectivity index (χ1n) is 11.5. The maximum atomic E-state index is 2.56. The molecular formula is C24H44. The van der Waals surface area contributed by atoms with Crippen molar-refractivity contribution in [1.29, 1.82) is 0 Å². The van der Waals surface area contributed by atoms with E-state index in [1.165, 1.54) is 89.9 Å². The van der Waals surface area contributed by atoms with Crippen molar-refractivity contribution in [2.24, 2.45) is 23.7 Å². The van der Waals surface area contributed by atoms with E-state index in [-0.39, 0.29) is 0 Å². The van der Waals surface area contributed by atoms with Gasteiger partial charge in [-0.1, -0.05) is 103 Å². The van der Waals surface area contributed by atoms with E-state index in [2.05, 4.69) is 26.0 Å². The van der Waals surface area contributed by atoms with Gasteiger partial charge in [-0.15, -0.1) is 0 Å². The Morgan fingerprint density at radius 2 is 1.33 bits per heavy atom. The Bertz CT molecular complexity index is 321. The van der Waals surface area contributed by atoms with E-state index < -0.39 is 0 Å². The Kier molecular flexibility index (Phi) is 10.2. The summed E-state index contributed by atoms with van der Waals surface area (Å²) < 4.78 is 0. The molecule has 0 heterocycles. The number of hydrogen-bond acceptors (Lipinski definition) is 0. The van der Waals surface area contributed by atoms with Gasteiger partial charge < -0.3 is 0 Å². The fraction of sp³-hybridized carbons (Fsp3) is 0.917. The van der Waals surface area contributed by atoms with E-state index in [1.54, 1.807) is 12.8 Å². The number of rotatable bonds is 10. The Morgan fingerprint density at radius 1 is 0.708 bits per heavy atom. The third-order valence-corrected chi connectivity index (χ3v) is 6.96. The molecule has 2 aliphatic rings. The van der Waals surface area contributed by atoms with Crippen LogP contribution in [-0.2, 0) is 0 Å². The maximum absolute atomic E-state index is 2.56. The van der Waals surface area contributed by atoms with Crippen LogP contribution in [0.2, 0.25) is 0 Å². The summed E-state index contributed by atoms with van der Waals surface area (Å²) >= 11 is 0. The average molecular weight is 333 g/mol. The van der Waals surface area contributed by atoms with Crippen LogP contribution < -0.4 is 0 Å². The van der Waals surface area contributed by atoms with Crippen LogP contribution in [0.1, 0.15) is 117 Å². The molecule has 0 saturated heterocycles. The minimum Gasteiger partial charge on any atom is -0.0885 e. The van der Waals surface area contributed by atoms with Crippen molar-refractivity contribution < 1.29 is 0 Å². The van der Waals surface area contributed by atoms with E-state index in [4.69, 9.17) is 0 Å². The summed E-state index contributed by atoms with van der Waals surface area (Å²) in [6.07, 6.45) is 28.7. The number of hydrogen-bond donors (Lipinski definition) is 0. The Balaban J connectivity index is 1.56. The third kappa shape index (κ3) is 7.32. The minimum atomic E-state index is 0.910. The molecule has 140 valence electrons. The summed E-state index contributed by atoms with van der Waals surface area (Å²) in [5.41, 5.74) is 0. The van der Waals surface area contributed by atoms with Crippen LogP contribution in [0.4, 0.5) is 0 Å². The van der Waals surface area contributed by atoms with Gasteiger partial charge in [-0.3, -0.25) is 0 Å². The summed E-state index contributed by atoms with van der Waals surface area (Å²) in [4.78, 5) is 0. The summed E-state index contributed by atoms with van der Waals surface area (Å²) in [5.74, 6) is 4.07. The first-order chi connectivity index (χ1) is 11.8. The molecule has 2 fully saturated rings. The molecule has 0 amide bonds.